The maximum atomic E-state index is 13.4. The van der Waals surface area contributed by atoms with Gasteiger partial charge in [0.2, 0.25) is 0 Å². The second-order valence-corrected chi connectivity index (χ2v) is 10.9. The van der Waals surface area contributed by atoms with Gasteiger partial charge in [0.15, 0.2) is 0 Å². The average molecular weight is 669 g/mol. The van der Waals surface area contributed by atoms with E-state index >= 15 is 0 Å². The minimum Gasteiger partial charge on any atom is -0.496 e. The van der Waals surface area contributed by atoms with E-state index in [1.807, 2.05) is 41.3 Å². The first-order valence-corrected chi connectivity index (χ1v) is 14.5. The van der Waals surface area contributed by atoms with Gasteiger partial charge in [-0.2, -0.15) is 26.3 Å². The predicted molar refractivity (Wildman–Crippen MR) is 163 cm³/mol. The lowest BCUT2D eigenvalue weighted by atomic mass is 10.1. The predicted octanol–water partition coefficient (Wildman–Crippen LogP) is 7.39. The minimum absolute atomic E-state index is 0.00314. The Morgan fingerprint density at radius 2 is 1.57 bits per heavy atom. The van der Waals surface area contributed by atoms with Gasteiger partial charge in [0, 0.05) is 67.7 Å². The van der Waals surface area contributed by atoms with Crippen LogP contribution in [0.25, 0.3) is 6.08 Å². The number of amides is 3. The van der Waals surface area contributed by atoms with Gasteiger partial charge >= 0.3 is 18.4 Å². The molecule has 1 saturated heterocycles. The summed E-state index contributed by atoms with van der Waals surface area (Å²) in [5, 5.41) is 2.59. The number of piperazine rings is 1. The van der Waals surface area contributed by atoms with Crippen LogP contribution >= 0.6 is 11.6 Å². The van der Waals surface area contributed by atoms with Crippen LogP contribution in [0.1, 0.15) is 27.0 Å². The Morgan fingerprint density at radius 3 is 2.17 bits per heavy atom. The molecule has 246 valence electrons. The van der Waals surface area contributed by atoms with Crippen molar-refractivity contribution in [1.29, 1.82) is 0 Å². The van der Waals surface area contributed by atoms with Crippen LogP contribution in [0.4, 0.5) is 36.8 Å². The molecule has 1 aliphatic heterocycles. The van der Waals surface area contributed by atoms with Crippen LogP contribution in [0, 0.1) is 0 Å². The highest BCUT2D eigenvalue weighted by Gasteiger charge is 2.37. The van der Waals surface area contributed by atoms with E-state index in [0.717, 1.165) is 5.56 Å². The van der Waals surface area contributed by atoms with Gasteiger partial charge in [0.25, 0.3) is 5.91 Å². The zero-order valence-corrected chi connectivity index (χ0v) is 25.4. The van der Waals surface area contributed by atoms with Gasteiger partial charge in [-0.15, -0.1) is 0 Å². The van der Waals surface area contributed by atoms with Gasteiger partial charge in [-0.05, 0) is 42.5 Å². The number of urea groups is 1. The number of benzene rings is 3. The monoisotopic (exact) mass is 668 g/mol. The van der Waals surface area contributed by atoms with E-state index in [-0.39, 0.29) is 31.6 Å². The van der Waals surface area contributed by atoms with E-state index < -0.39 is 35.2 Å². The first-order chi connectivity index (χ1) is 21.7. The highest BCUT2D eigenvalue weighted by atomic mass is 35.5. The fourth-order valence-electron chi connectivity index (χ4n) is 4.86. The Kier molecular flexibility index (Phi) is 11.2. The van der Waals surface area contributed by atoms with Crippen LogP contribution in [0.15, 0.2) is 72.8 Å². The molecule has 0 aliphatic carbocycles. The molecule has 7 nitrogen and oxygen atoms in total. The van der Waals surface area contributed by atoms with Crippen LogP contribution < -0.4 is 10.1 Å². The summed E-state index contributed by atoms with van der Waals surface area (Å²) in [5.41, 5.74) is -2.38. The average Bonchev–Trinajstić information content (AvgIpc) is 3.01. The molecular formula is C32H31ClF6N4O3. The van der Waals surface area contributed by atoms with Crippen LogP contribution in [0.5, 0.6) is 5.75 Å². The van der Waals surface area contributed by atoms with E-state index in [4.69, 9.17) is 16.3 Å². The molecule has 0 spiro atoms. The standard InChI is InChI=1S/C32H31ClF6N4O3/c1-46-28-10-3-2-6-22(28)8-5-11-42(29(44)23-7-4-9-26(33)18-23)15-12-41-13-16-43(17-14-41)30(45)40-27-20-24(31(34,35)36)19-25(21-27)32(37,38)39/h2-10,18-21H,11-17H2,1H3,(H,40,45)/b8-5+. The van der Waals surface area contributed by atoms with Crippen LogP contribution in [-0.2, 0) is 12.4 Å². The van der Waals surface area contributed by atoms with Crippen LogP contribution in [0.2, 0.25) is 5.02 Å². The Hall–Kier alpha value is -4.23. The number of nitrogens with zero attached hydrogens (tertiary/aromatic N) is 3. The fourth-order valence-corrected chi connectivity index (χ4v) is 5.05. The van der Waals surface area contributed by atoms with Gasteiger partial charge in [0.1, 0.15) is 5.75 Å². The maximum Gasteiger partial charge on any atom is 0.416 e. The number of methoxy groups -OCH3 is 1. The number of halogens is 7. The van der Waals surface area contributed by atoms with Gasteiger partial charge in [-0.25, -0.2) is 4.79 Å². The molecule has 0 saturated carbocycles. The molecule has 1 aliphatic rings. The first-order valence-electron chi connectivity index (χ1n) is 14.2. The molecular weight excluding hydrogens is 638 g/mol. The van der Waals surface area contributed by atoms with Crippen molar-refractivity contribution >= 4 is 35.3 Å². The summed E-state index contributed by atoms with van der Waals surface area (Å²) in [5.74, 6) is 0.451. The molecule has 0 bridgehead atoms. The number of rotatable bonds is 9. The Labute approximate surface area is 267 Å². The topological polar surface area (TPSA) is 65.1 Å². The van der Waals surface area contributed by atoms with E-state index in [9.17, 15) is 35.9 Å². The number of carbonyl (C=O) groups excluding carboxylic acids is 2. The number of hydrogen-bond donors (Lipinski definition) is 1. The Balaban J connectivity index is 1.38. The number of anilines is 1. The van der Waals surface area contributed by atoms with Crippen molar-refractivity contribution in [2.24, 2.45) is 0 Å². The molecule has 4 rings (SSSR count). The van der Waals surface area contributed by atoms with Crippen molar-refractivity contribution in [3.05, 3.63) is 100 Å². The molecule has 1 fully saturated rings. The fraction of sp³-hybridized carbons (Fsp3) is 0.312. The summed E-state index contributed by atoms with van der Waals surface area (Å²) in [4.78, 5) is 31.2. The number of alkyl halides is 6. The summed E-state index contributed by atoms with van der Waals surface area (Å²) in [6, 6.07) is 14.2. The number of carbonyl (C=O) groups is 2. The lowest BCUT2D eigenvalue weighted by Crippen LogP contribution is -2.51. The normalized spacial score (nSPS) is 14.4. The first kappa shape index (κ1) is 34.6. The van der Waals surface area contributed by atoms with Gasteiger partial charge in [0.05, 0.1) is 18.2 Å². The largest absolute Gasteiger partial charge is 0.496 e. The summed E-state index contributed by atoms with van der Waals surface area (Å²) in [6.07, 6.45) is -6.35. The number of ether oxygens (including phenoxy) is 1. The summed E-state index contributed by atoms with van der Waals surface area (Å²) in [7, 11) is 1.57. The third kappa shape index (κ3) is 9.39. The van der Waals surface area contributed by atoms with Crippen molar-refractivity contribution in [3.63, 3.8) is 0 Å². The number of hydrogen-bond acceptors (Lipinski definition) is 4. The van der Waals surface area contributed by atoms with Crippen molar-refractivity contribution in [1.82, 2.24) is 14.7 Å². The molecule has 0 radical (unpaired) electrons. The van der Waals surface area contributed by atoms with Crippen molar-refractivity contribution < 1.29 is 40.7 Å². The third-order valence-corrected chi connectivity index (χ3v) is 7.54. The second-order valence-electron chi connectivity index (χ2n) is 10.5. The van der Waals surface area contributed by atoms with Gasteiger partial charge in [-0.1, -0.05) is 48.0 Å². The van der Waals surface area contributed by atoms with Crippen molar-refractivity contribution in [2.75, 3.05) is 58.2 Å². The molecule has 46 heavy (non-hydrogen) atoms. The maximum absolute atomic E-state index is 13.4. The molecule has 0 aromatic heterocycles. The quantitative estimate of drug-likeness (QED) is 0.242. The molecule has 3 amide bonds. The van der Waals surface area contributed by atoms with Gasteiger partial charge in [-0.3, -0.25) is 9.69 Å². The van der Waals surface area contributed by atoms with Crippen molar-refractivity contribution in [3.8, 4) is 5.75 Å². The van der Waals surface area contributed by atoms with Crippen molar-refractivity contribution in [2.45, 2.75) is 12.4 Å². The Morgan fingerprint density at radius 1 is 0.913 bits per heavy atom. The molecule has 1 N–H and O–H groups in total. The van der Waals surface area contributed by atoms with Crippen LogP contribution in [-0.4, -0.2) is 79.6 Å². The van der Waals surface area contributed by atoms with E-state index in [1.54, 1.807) is 36.3 Å². The van der Waals surface area contributed by atoms with Gasteiger partial charge < -0.3 is 19.9 Å². The number of nitrogens with one attached hydrogen (secondary N) is 1. The van der Waals surface area contributed by atoms with E-state index in [2.05, 4.69) is 5.32 Å². The molecule has 3 aromatic carbocycles. The highest BCUT2D eigenvalue weighted by Crippen LogP contribution is 2.37. The molecule has 3 aromatic rings. The lowest BCUT2D eigenvalue weighted by Gasteiger charge is -2.35. The van der Waals surface area contributed by atoms with E-state index in [0.29, 0.717) is 54.6 Å². The molecule has 0 unspecified atom stereocenters. The zero-order chi connectivity index (χ0) is 33.5. The molecule has 0 atom stereocenters. The number of para-hydroxylation sites is 1. The third-order valence-electron chi connectivity index (χ3n) is 7.31. The smallest absolute Gasteiger partial charge is 0.416 e. The Bertz CT molecular complexity index is 1520. The molecule has 1 heterocycles. The zero-order valence-electron chi connectivity index (χ0n) is 24.7. The minimum atomic E-state index is -5.03. The summed E-state index contributed by atoms with van der Waals surface area (Å²) < 4.78 is 84.6. The van der Waals surface area contributed by atoms with E-state index in [1.165, 1.54) is 4.90 Å². The lowest BCUT2D eigenvalue weighted by molar-refractivity contribution is -0.143. The molecule has 14 heteroatoms. The highest BCUT2D eigenvalue weighted by molar-refractivity contribution is 6.30. The van der Waals surface area contributed by atoms with Crippen LogP contribution in [0.3, 0.4) is 0 Å². The summed E-state index contributed by atoms with van der Waals surface area (Å²) in [6.45, 7) is 2.16. The summed E-state index contributed by atoms with van der Waals surface area (Å²) >= 11 is 6.11. The second kappa shape index (κ2) is 14.9. The SMILES string of the molecule is COc1ccccc1/C=C/CN(CCN1CCN(C(=O)Nc2cc(C(F)(F)F)cc(C(F)(F)F)c2)CC1)C(=O)c1cccc(Cl)c1.